The van der Waals surface area contributed by atoms with Crippen molar-refractivity contribution in [2.24, 2.45) is 16.8 Å². The summed E-state index contributed by atoms with van der Waals surface area (Å²) in [7, 11) is 1.57. The van der Waals surface area contributed by atoms with Crippen LogP contribution in [0.4, 0.5) is 0 Å². The molecule has 0 bridgehead atoms. The Morgan fingerprint density at radius 1 is 1.48 bits per heavy atom. The molecule has 5 nitrogen and oxygen atoms in total. The van der Waals surface area contributed by atoms with E-state index in [1.54, 1.807) is 7.11 Å². The molecule has 0 radical (unpaired) electrons. The number of methoxy groups -OCH3 is 1. The van der Waals surface area contributed by atoms with E-state index in [2.05, 4.69) is 17.4 Å². The number of hydrogen-bond acceptors (Lipinski definition) is 4. The summed E-state index contributed by atoms with van der Waals surface area (Å²) in [5, 5.41) is 15.5. The Morgan fingerprint density at radius 2 is 2.29 bits per heavy atom. The van der Waals surface area contributed by atoms with Crippen LogP contribution in [-0.4, -0.2) is 24.2 Å². The second-order valence-electron chi connectivity index (χ2n) is 5.87. The first-order valence-electron chi connectivity index (χ1n) is 7.52. The molecule has 1 saturated carbocycles. The maximum absolute atomic E-state index is 8.85. The molecule has 2 unspecified atom stereocenters. The van der Waals surface area contributed by atoms with Gasteiger partial charge in [0.25, 0.3) is 0 Å². The molecule has 5 heteroatoms. The van der Waals surface area contributed by atoms with Gasteiger partial charge < -0.3 is 21.0 Å². The van der Waals surface area contributed by atoms with Crippen molar-refractivity contribution in [2.75, 3.05) is 7.11 Å². The number of oxime groups is 1. The topological polar surface area (TPSA) is 79.9 Å². The molecule has 1 aromatic rings. The van der Waals surface area contributed by atoms with Crippen LogP contribution in [0.5, 0.6) is 5.75 Å². The van der Waals surface area contributed by atoms with Crippen molar-refractivity contribution in [1.82, 2.24) is 5.32 Å². The average molecular weight is 291 g/mol. The molecule has 1 aliphatic rings. The van der Waals surface area contributed by atoms with Crippen LogP contribution in [-0.2, 0) is 6.54 Å². The van der Waals surface area contributed by atoms with Gasteiger partial charge in [0, 0.05) is 12.6 Å². The van der Waals surface area contributed by atoms with Crippen LogP contribution in [0.1, 0.15) is 43.7 Å². The van der Waals surface area contributed by atoms with Crippen LogP contribution in [0.15, 0.2) is 23.4 Å². The van der Waals surface area contributed by atoms with Crippen LogP contribution in [0, 0.1) is 5.92 Å². The molecule has 0 spiro atoms. The molecule has 1 aromatic carbocycles. The number of amidine groups is 1. The molecule has 2 atom stereocenters. The minimum absolute atomic E-state index is 0.0694. The molecule has 1 aliphatic carbocycles. The van der Waals surface area contributed by atoms with Gasteiger partial charge in [-0.15, -0.1) is 0 Å². The number of ether oxygens (including phenoxy) is 1. The Morgan fingerprint density at radius 3 is 2.95 bits per heavy atom. The van der Waals surface area contributed by atoms with E-state index < -0.39 is 0 Å². The van der Waals surface area contributed by atoms with Gasteiger partial charge in [0.1, 0.15) is 5.75 Å². The summed E-state index contributed by atoms with van der Waals surface area (Å²) in [6.45, 7) is 3.10. The van der Waals surface area contributed by atoms with Gasteiger partial charge in [0.15, 0.2) is 5.84 Å². The van der Waals surface area contributed by atoms with Crippen molar-refractivity contribution in [3.05, 3.63) is 29.3 Å². The highest BCUT2D eigenvalue weighted by Crippen LogP contribution is 2.24. The fraction of sp³-hybridized carbons (Fsp3) is 0.562. The summed E-state index contributed by atoms with van der Waals surface area (Å²) in [5.41, 5.74) is 7.42. The van der Waals surface area contributed by atoms with Gasteiger partial charge >= 0.3 is 0 Å². The number of rotatable bonds is 5. The van der Waals surface area contributed by atoms with Crippen molar-refractivity contribution in [2.45, 2.75) is 45.2 Å². The van der Waals surface area contributed by atoms with Crippen LogP contribution in [0.3, 0.4) is 0 Å². The smallest absolute Gasteiger partial charge is 0.173 e. The van der Waals surface area contributed by atoms with Crippen molar-refractivity contribution in [1.29, 1.82) is 0 Å². The summed E-state index contributed by atoms with van der Waals surface area (Å²) in [5.74, 6) is 1.49. The van der Waals surface area contributed by atoms with Gasteiger partial charge in [0.05, 0.1) is 12.7 Å². The molecule has 0 saturated heterocycles. The molecule has 21 heavy (non-hydrogen) atoms. The summed E-state index contributed by atoms with van der Waals surface area (Å²) < 4.78 is 5.24. The zero-order valence-corrected chi connectivity index (χ0v) is 12.8. The first-order chi connectivity index (χ1) is 10.1. The van der Waals surface area contributed by atoms with Crippen molar-refractivity contribution < 1.29 is 9.94 Å². The van der Waals surface area contributed by atoms with Gasteiger partial charge in [-0.3, -0.25) is 0 Å². The van der Waals surface area contributed by atoms with Crippen LogP contribution >= 0.6 is 0 Å². The normalized spacial score (nSPS) is 23.0. The maximum Gasteiger partial charge on any atom is 0.173 e. The number of nitrogens with zero attached hydrogens (tertiary/aromatic N) is 1. The molecular formula is C16H25N3O2. The van der Waals surface area contributed by atoms with E-state index in [9.17, 15) is 0 Å². The van der Waals surface area contributed by atoms with Crippen molar-refractivity contribution in [3.8, 4) is 5.75 Å². The number of hydrogen-bond donors (Lipinski definition) is 3. The fourth-order valence-electron chi connectivity index (χ4n) is 3.00. The highest BCUT2D eigenvalue weighted by molar-refractivity contribution is 5.99. The monoisotopic (exact) mass is 291 g/mol. The Bertz CT molecular complexity index is 502. The van der Waals surface area contributed by atoms with Gasteiger partial charge in [-0.05, 0) is 36.5 Å². The molecule has 0 aliphatic heterocycles. The van der Waals surface area contributed by atoms with Gasteiger partial charge in [-0.2, -0.15) is 0 Å². The summed E-state index contributed by atoms with van der Waals surface area (Å²) in [4.78, 5) is 0. The second-order valence-corrected chi connectivity index (χ2v) is 5.87. The van der Waals surface area contributed by atoms with Gasteiger partial charge in [-0.1, -0.05) is 31.0 Å². The highest BCUT2D eigenvalue weighted by Gasteiger charge is 2.18. The average Bonchev–Trinajstić information content (AvgIpc) is 2.52. The van der Waals surface area contributed by atoms with Crippen LogP contribution < -0.4 is 15.8 Å². The largest absolute Gasteiger partial charge is 0.496 e. The summed E-state index contributed by atoms with van der Waals surface area (Å²) in [6, 6.07) is 6.36. The minimum Gasteiger partial charge on any atom is -0.496 e. The second kappa shape index (κ2) is 7.31. The van der Waals surface area contributed by atoms with Crippen LogP contribution in [0.25, 0.3) is 0 Å². The van der Waals surface area contributed by atoms with Crippen molar-refractivity contribution in [3.63, 3.8) is 0 Å². The molecule has 0 heterocycles. The predicted molar refractivity (Wildman–Crippen MR) is 83.8 cm³/mol. The highest BCUT2D eigenvalue weighted by atomic mass is 16.5. The number of nitrogens with two attached hydrogens (primary N) is 1. The lowest BCUT2D eigenvalue weighted by Crippen LogP contribution is -2.33. The zero-order valence-electron chi connectivity index (χ0n) is 12.8. The van der Waals surface area contributed by atoms with E-state index >= 15 is 0 Å². The lowest BCUT2D eigenvalue weighted by atomic mass is 9.87. The molecule has 0 amide bonds. The summed E-state index contributed by atoms with van der Waals surface area (Å²) in [6.07, 6.45) is 5.13. The van der Waals surface area contributed by atoms with E-state index in [0.29, 0.717) is 17.4 Å². The molecular weight excluding hydrogens is 266 g/mol. The van der Waals surface area contributed by atoms with E-state index in [1.807, 2.05) is 18.2 Å². The van der Waals surface area contributed by atoms with Crippen molar-refractivity contribution >= 4 is 5.84 Å². The molecule has 4 N–H and O–H groups in total. The molecule has 2 rings (SSSR count). The lowest BCUT2D eigenvalue weighted by molar-refractivity contribution is 0.300. The molecule has 116 valence electrons. The van der Waals surface area contributed by atoms with Crippen LogP contribution in [0.2, 0.25) is 0 Å². The Hall–Kier alpha value is -1.75. The first kappa shape index (κ1) is 15.6. The van der Waals surface area contributed by atoms with E-state index in [0.717, 1.165) is 18.0 Å². The Balaban J connectivity index is 2.03. The third-order valence-corrected chi connectivity index (χ3v) is 4.18. The Labute approximate surface area is 126 Å². The minimum atomic E-state index is 0.0694. The zero-order chi connectivity index (χ0) is 15.2. The van der Waals surface area contributed by atoms with E-state index in [-0.39, 0.29) is 5.84 Å². The third-order valence-electron chi connectivity index (χ3n) is 4.18. The van der Waals surface area contributed by atoms with E-state index in [1.165, 1.54) is 25.7 Å². The standard InChI is InChI=1S/C16H25N3O2/c1-11-4-3-5-13(8-11)18-10-12-6-7-15(21-2)14(9-12)16(17)19-20/h6-7,9,11,13,18,20H,3-5,8,10H2,1-2H3,(H2,17,19). The maximum atomic E-state index is 8.85. The Kier molecular flexibility index (Phi) is 5.44. The fourth-order valence-corrected chi connectivity index (χ4v) is 3.00. The van der Waals surface area contributed by atoms with Gasteiger partial charge in [0.2, 0.25) is 0 Å². The number of nitrogens with one attached hydrogen (secondary N) is 1. The summed E-state index contributed by atoms with van der Waals surface area (Å²) >= 11 is 0. The predicted octanol–water partition coefficient (Wildman–Crippen LogP) is 2.46. The molecule has 1 fully saturated rings. The first-order valence-corrected chi connectivity index (χ1v) is 7.52. The SMILES string of the molecule is COc1ccc(CNC2CCCC(C)C2)cc1C(N)=NO. The number of benzene rings is 1. The quantitative estimate of drug-likeness (QED) is 0.337. The molecule has 0 aromatic heterocycles. The third kappa shape index (κ3) is 4.11. The lowest BCUT2D eigenvalue weighted by Gasteiger charge is -2.27. The van der Waals surface area contributed by atoms with E-state index in [4.69, 9.17) is 15.7 Å². The van der Waals surface area contributed by atoms with Gasteiger partial charge in [-0.25, -0.2) is 0 Å².